The van der Waals surface area contributed by atoms with Crippen molar-refractivity contribution in [3.05, 3.63) is 29.3 Å². The average molecular weight is 244 g/mol. The lowest BCUT2D eigenvalue weighted by molar-refractivity contribution is -0.126. The van der Waals surface area contributed by atoms with Crippen molar-refractivity contribution in [3.8, 4) is 0 Å². The van der Waals surface area contributed by atoms with Crippen LogP contribution >= 0.6 is 0 Å². The summed E-state index contributed by atoms with van der Waals surface area (Å²) in [5.41, 5.74) is 9.10. The Morgan fingerprint density at radius 3 is 2.94 bits per heavy atom. The number of anilines is 1. The fraction of sp³-hybridized carbons (Fsp3) is 0.533. The van der Waals surface area contributed by atoms with Gasteiger partial charge in [0.2, 0.25) is 5.91 Å². The van der Waals surface area contributed by atoms with Crippen LogP contribution in [0.2, 0.25) is 0 Å². The van der Waals surface area contributed by atoms with E-state index in [4.69, 9.17) is 5.73 Å². The lowest BCUT2D eigenvalue weighted by Gasteiger charge is -2.27. The molecule has 3 nitrogen and oxygen atoms in total. The van der Waals surface area contributed by atoms with Gasteiger partial charge in [-0.2, -0.15) is 0 Å². The molecule has 1 atom stereocenters. The molecule has 3 heteroatoms. The Morgan fingerprint density at radius 2 is 2.22 bits per heavy atom. The van der Waals surface area contributed by atoms with Gasteiger partial charge in [0, 0.05) is 11.1 Å². The number of carbonyl (C=O) groups excluding carboxylic acids is 1. The first-order valence-corrected chi connectivity index (χ1v) is 6.78. The molecular weight excluding hydrogens is 224 g/mol. The van der Waals surface area contributed by atoms with Gasteiger partial charge in [-0.1, -0.05) is 13.0 Å². The normalized spacial score (nSPS) is 24.2. The molecule has 1 aromatic carbocycles. The van der Waals surface area contributed by atoms with Gasteiger partial charge >= 0.3 is 0 Å². The van der Waals surface area contributed by atoms with Crippen LogP contribution in [0, 0.1) is 5.41 Å². The van der Waals surface area contributed by atoms with Crippen LogP contribution in [-0.4, -0.2) is 5.91 Å². The first-order valence-electron chi connectivity index (χ1n) is 6.78. The number of amides is 1. The lowest BCUT2D eigenvalue weighted by Crippen LogP contribution is -2.35. The van der Waals surface area contributed by atoms with Gasteiger partial charge in [0.05, 0.1) is 6.04 Å². The molecule has 0 aromatic heterocycles. The van der Waals surface area contributed by atoms with Crippen molar-refractivity contribution in [2.45, 2.75) is 45.1 Å². The number of fused-ring (bicyclic) bond motifs is 1. The highest BCUT2D eigenvalue weighted by molar-refractivity contribution is 5.85. The van der Waals surface area contributed by atoms with Gasteiger partial charge in [0.25, 0.3) is 0 Å². The highest BCUT2D eigenvalue weighted by Gasteiger charge is 2.45. The van der Waals surface area contributed by atoms with E-state index in [1.54, 1.807) is 0 Å². The van der Waals surface area contributed by atoms with Crippen LogP contribution in [0.3, 0.4) is 0 Å². The SMILES string of the molecule is CC1(C(=O)NC2CCCc3cc(N)ccc32)CC1. The standard InChI is InChI=1S/C15H20N2O/c1-15(7-8-15)14(18)17-13-4-2-3-10-9-11(16)5-6-12(10)13/h5-6,9,13H,2-4,7-8,16H2,1H3,(H,17,18). The zero-order valence-electron chi connectivity index (χ0n) is 10.8. The molecule has 1 aromatic rings. The number of nitrogen functional groups attached to an aromatic ring is 1. The highest BCUT2D eigenvalue weighted by atomic mass is 16.2. The van der Waals surface area contributed by atoms with Crippen molar-refractivity contribution in [1.29, 1.82) is 0 Å². The Hall–Kier alpha value is -1.51. The van der Waals surface area contributed by atoms with Gasteiger partial charge in [0.1, 0.15) is 0 Å². The van der Waals surface area contributed by atoms with E-state index in [9.17, 15) is 4.79 Å². The van der Waals surface area contributed by atoms with Crippen molar-refractivity contribution in [1.82, 2.24) is 5.32 Å². The Labute approximate surface area is 108 Å². The van der Waals surface area contributed by atoms with Gasteiger partial charge in [-0.15, -0.1) is 0 Å². The molecule has 0 saturated heterocycles. The van der Waals surface area contributed by atoms with E-state index in [2.05, 4.69) is 18.3 Å². The van der Waals surface area contributed by atoms with Crippen molar-refractivity contribution in [2.24, 2.45) is 5.41 Å². The summed E-state index contributed by atoms with van der Waals surface area (Å²) in [6.45, 7) is 2.05. The molecule has 0 heterocycles. The fourth-order valence-electron chi connectivity index (χ4n) is 2.73. The molecule has 0 spiro atoms. The van der Waals surface area contributed by atoms with E-state index < -0.39 is 0 Å². The second kappa shape index (κ2) is 4.01. The number of benzene rings is 1. The second-order valence-electron chi connectivity index (χ2n) is 5.94. The van der Waals surface area contributed by atoms with Crippen LogP contribution in [0.4, 0.5) is 5.69 Å². The van der Waals surface area contributed by atoms with Gasteiger partial charge < -0.3 is 11.1 Å². The highest BCUT2D eigenvalue weighted by Crippen LogP contribution is 2.45. The number of carbonyl (C=O) groups is 1. The molecule has 1 unspecified atom stereocenters. The van der Waals surface area contributed by atoms with Crippen LogP contribution in [0.25, 0.3) is 0 Å². The summed E-state index contributed by atoms with van der Waals surface area (Å²) in [6.07, 6.45) is 5.29. The minimum Gasteiger partial charge on any atom is -0.399 e. The van der Waals surface area contributed by atoms with E-state index in [1.165, 1.54) is 11.1 Å². The number of hydrogen-bond acceptors (Lipinski definition) is 2. The number of hydrogen-bond donors (Lipinski definition) is 2. The summed E-state index contributed by atoms with van der Waals surface area (Å²) in [4.78, 5) is 12.1. The number of rotatable bonds is 2. The van der Waals surface area contributed by atoms with E-state index >= 15 is 0 Å². The topological polar surface area (TPSA) is 55.1 Å². The summed E-state index contributed by atoms with van der Waals surface area (Å²) < 4.78 is 0. The molecule has 1 fully saturated rings. The van der Waals surface area contributed by atoms with E-state index in [0.29, 0.717) is 0 Å². The number of nitrogens with one attached hydrogen (secondary N) is 1. The molecule has 2 aliphatic rings. The van der Waals surface area contributed by atoms with Crippen molar-refractivity contribution >= 4 is 11.6 Å². The lowest BCUT2D eigenvalue weighted by atomic mass is 9.87. The maximum atomic E-state index is 12.1. The number of aryl methyl sites for hydroxylation is 1. The first kappa shape index (κ1) is 11.6. The van der Waals surface area contributed by atoms with Crippen molar-refractivity contribution in [3.63, 3.8) is 0 Å². The predicted molar refractivity (Wildman–Crippen MR) is 72.0 cm³/mol. The van der Waals surface area contributed by atoms with Crippen molar-refractivity contribution in [2.75, 3.05) is 5.73 Å². The summed E-state index contributed by atoms with van der Waals surface area (Å²) in [5.74, 6) is 0.220. The monoisotopic (exact) mass is 244 g/mol. The third kappa shape index (κ3) is 1.98. The van der Waals surface area contributed by atoms with Crippen LogP contribution in [-0.2, 0) is 11.2 Å². The summed E-state index contributed by atoms with van der Waals surface area (Å²) in [6, 6.07) is 6.23. The van der Waals surface area contributed by atoms with Gasteiger partial charge in [-0.25, -0.2) is 0 Å². The van der Waals surface area contributed by atoms with Gasteiger partial charge in [-0.3, -0.25) is 4.79 Å². The summed E-state index contributed by atoms with van der Waals surface area (Å²) in [5, 5.41) is 3.22. The zero-order valence-corrected chi connectivity index (χ0v) is 10.8. The minimum atomic E-state index is -0.0918. The molecule has 0 radical (unpaired) electrons. The zero-order chi connectivity index (χ0) is 12.8. The van der Waals surface area contributed by atoms with Crippen LogP contribution in [0.5, 0.6) is 0 Å². The minimum absolute atomic E-state index is 0.0918. The molecule has 2 aliphatic carbocycles. The van der Waals surface area contributed by atoms with E-state index in [-0.39, 0.29) is 17.4 Å². The molecule has 96 valence electrons. The maximum Gasteiger partial charge on any atom is 0.226 e. The van der Waals surface area contributed by atoms with Crippen LogP contribution in [0.1, 0.15) is 49.8 Å². The fourth-order valence-corrected chi connectivity index (χ4v) is 2.73. The Morgan fingerprint density at radius 1 is 1.44 bits per heavy atom. The third-order valence-corrected chi connectivity index (χ3v) is 4.33. The van der Waals surface area contributed by atoms with Crippen LogP contribution in [0.15, 0.2) is 18.2 Å². The molecule has 3 N–H and O–H groups in total. The quantitative estimate of drug-likeness (QED) is 0.786. The summed E-state index contributed by atoms with van der Waals surface area (Å²) in [7, 11) is 0. The molecule has 18 heavy (non-hydrogen) atoms. The molecular formula is C15H20N2O. The molecule has 0 bridgehead atoms. The smallest absolute Gasteiger partial charge is 0.226 e. The van der Waals surface area contributed by atoms with E-state index in [1.807, 2.05) is 12.1 Å². The largest absolute Gasteiger partial charge is 0.399 e. The molecule has 1 amide bonds. The number of nitrogens with two attached hydrogens (primary N) is 1. The Kier molecular flexibility index (Phi) is 2.58. The summed E-state index contributed by atoms with van der Waals surface area (Å²) >= 11 is 0. The second-order valence-corrected chi connectivity index (χ2v) is 5.94. The van der Waals surface area contributed by atoms with Gasteiger partial charge in [-0.05, 0) is 55.4 Å². The molecule has 3 rings (SSSR count). The predicted octanol–water partition coefficient (Wildman–Crippen LogP) is 2.56. The third-order valence-electron chi connectivity index (χ3n) is 4.33. The van der Waals surface area contributed by atoms with Crippen molar-refractivity contribution < 1.29 is 4.79 Å². The van der Waals surface area contributed by atoms with Crippen LogP contribution < -0.4 is 11.1 Å². The Bertz CT molecular complexity index is 491. The Balaban J connectivity index is 1.81. The van der Waals surface area contributed by atoms with E-state index in [0.717, 1.165) is 37.8 Å². The average Bonchev–Trinajstić information content (AvgIpc) is 3.08. The van der Waals surface area contributed by atoms with Gasteiger partial charge in [0.15, 0.2) is 0 Å². The first-order chi connectivity index (χ1) is 8.58. The molecule has 1 saturated carbocycles. The molecule has 0 aliphatic heterocycles. The maximum absolute atomic E-state index is 12.1.